The number of anilines is 2. The maximum atomic E-state index is 6.07. The number of hydrogen-bond donors (Lipinski definition) is 3. The zero-order valence-electron chi connectivity index (χ0n) is 13.6. The lowest BCUT2D eigenvalue weighted by molar-refractivity contribution is 0.573. The van der Waals surface area contributed by atoms with E-state index >= 15 is 0 Å². The van der Waals surface area contributed by atoms with Crippen molar-refractivity contribution in [1.82, 2.24) is 20.4 Å². The van der Waals surface area contributed by atoms with E-state index in [-0.39, 0.29) is 6.04 Å². The van der Waals surface area contributed by atoms with Crippen LogP contribution in [0.2, 0.25) is 10.0 Å². The fourth-order valence-electron chi connectivity index (χ4n) is 2.62. The van der Waals surface area contributed by atoms with Crippen LogP contribution in [0.3, 0.4) is 0 Å². The van der Waals surface area contributed by atoms with Crippen molar-refractivity contribution in [3.05, 3.63) is 52.0 Å². The summed E-state index contributed by atoms with van der Waals surface area (Å²) in [6.07, 6.45) is 0. The van der Waals surface area contributed by atoms with E-state index in [0.717, 1.165) is 22.0 Å². The first kappa shape index (κ1) is 16.7. The SMILES string of the molecule is C[C@H](Nc1nnc(-c2ccc3[nH]nc(N)c3c2)o1)c1ccc(Cl)c(Cl)c1. The molecule has 2 aromatic heterocycles. The van der Waals surface area contributed by atoms with Gasteiger partial charge in [0.05, 0.1) is 21.6 Å². The average molecular weight is 389 g/mol. The first-order valence-corrected chi connectivity index (χ1v) is 8.56. The van der Waals surface area contributed by atoms with Gasteiger partial charge in [-0.3, -0.25) is 5.10 Å². The zero-order valence-corrected chi connectivity index (χ0v) is 15.1. The molecule has 132 valence electrons. The van der Waals surface area contributed by atoms with Crippen molar-refractivity contribution in [2.24, 2.45) is 0 Å². The number of hydrogen-bond acceptors (Lipinski definition) is 6. The molecule has 0 spiro atoms. The number of rotatable bonds is 4. The molecule has 0 fully saturated rings. The minimum Gasteiger partial charge on any atom is -0.403 e. The van der Waals surface area contributed by atoms with Crippen molar-refractivity contribution in [3.63, 3.8) is 0 Å². The third-order valence-corrected chi connectivity index (χ3v) is 4.79. The number of aromatic amines is 1. The summed E-state index contributed by atoms with van der Waals surface area (Å²) in [4.78, 5) is 0. The van der Waals surface area contributed by atoms with Crippen LogP contribution in [-0.2, 0) is 0 Å². The van der Waals surface area contributed by atoms with Crippen LogP contribution in [0, 0.1) is 0 Å². The minimum absolute atomic E-state index is 0.0925. The molecule has 2 aromatic carbocycles. The molecule has 0 bridgehead atoms. The van der Waals surface area contributed by atoms with E-state index < -0.39 is 0 Å². The van der Waals surface area contributed by atoms with E-state index in [9.17, 15) is 0 Å². The Balaban J connectivity index is 1.56. The summed E-state index contributed by atoms with van der Waals surface area (Å²) in [5.74, 6) is 0.810. The molecule has 1 atom stereocenters. The molecular weight excluding hydrogens is 375 g/mol. The Bertz CT molecular complexity index is 1090. The number of aromatic nitrogens is 4. The van der Waals surface area contributed by atoms with Gasteiger partial charge in [-0.25, -0.2) is 0 Å². The molecule has 0 aliphatic heterocycles. The fourth-order valence-corrected chi connectivity index (χ4v) is 2.92. The van der Waals surface area contributed by atoms with Crippen LogP contribution >= 0.6 is 23.2 Å². The summed E-state index contributed by atoms with van der Waals surface area (Å²) >= 11 is 12.0. The van der Waals surface area contributed by atoms with Gasteiger partial charge in [-0.1, -0.05) is 34.4 Å². The summed E-state index contributed by atoms with van der Waals surface area (Å²) < 4.78 is 5.72. The number of nitrogen functional groups attached to an aromatic ring is 1. The predicted molar refractivity (Wildman–Crippen MR) is 102 cm³/mol. The highest BCUT2D eigenvalue weighted by Gasteiger charge is 2.14. The Labute approximate surface area is 158 Å². The second-order valence-electron chi connectivity index (χ2n) is 5.82. The molecule has 0 radical (unpaired) electrons. The molecule has 0 saturated heterocycles. The minimum atomic E-state index is -0.0925. The van der Waals surface area contributed by atoms with Crippen molar-refractivity contribution in [2.45, 2.75) is 13.0 Å². The molecule has 9 heteroatoms. The average Bonchev–Trinajstić information content (AvgIpc) is 3.24. The van der Waals surface area contributed by atoms with E-state index in [1.807, 2.05) is 31.2 Å². The van der Waals surface area contributed by atoms with Crippen molar-refractivity contribution >= 4 is 45.9 Å². The van der Waals surface area contributed by atoms with Gasteiger partial charge in [0.25, 0.3) is 0 Å². The highest BCUT2D eigenvalue weighted by molar-refractivity contribution is 6.42. The second-order valence-corrected chi connectivity index (χ2v) is 6.64. The highest BCUT2D eigenvalue weighted by atomic mass is 35.5. The Morgan fingerprint density at radius 1 is 1.12 bits per heavy atom. The maximum absolute atomic E-state index is 6.07. The molecule has 2 heterocycles. The van der Waals surface area contributed by atoms with Crippen molar-refractivity contribution in [1.29, 1.82) is 0 Å². The summed E-state index contributed by atoms with van der Waals surface area (Å²) in [5, 5.41) is 19.9. The number of nitrogens with two attached hydrogens (primary N) is 1. The normalized spacial score (nSPS) is 12.4. The smallest absolute Gasteiger partial charge is 0.316 e. The van der Waals surface area contributed by atoms with E-state index in [2.05, 4.69) is 25.7 Å². The maximum Gasteiger partial charge on any atom is 0.316 e. The van der Waals surface area contributed by atoms with Crippen LogP contribution < -0.4 is 11.1 Å². The number of halogens is 2. The van der Waals surface area contributed by atoms with Gasteiger partial charge in [-0.15, -0.1) is 5.10 Å². The number of fused-ring (bicyclic) bond motifs is 1. The van der Waals surface area contributed by atoms with Gasteiger partial charge in [-0.2, -0.15) is 5.10 Å². The Morgan fingerprint density at radius 2 is 1.96 bits per heavy atom. The largest absolute Gasteiger partial charge is 0.403 e. The van der Waals surface area contributed by atoms with Crippen LogP contribution in [0.1, 0.15) is 18.5 Å². The molecule has 0 saturated carbocycles. The van der Waals surface area contributed by atoms with E-state index in [1.165, 1.54) is 0 Å². The highest BCUT2D eigenvalue weighted by Crippen LogP contribution is 2.29. The lowest BCUT2D eigenvalue weighted by Gasteiger charge is -2.12. The van der Waals surface area contributed by atoms with Crippen molar-refractivity contribution in [3.8, 4) is 11.5 Å². The molecule has 4 rings (SSSR count). The summed E-state index contributed by atoms with van der Waals surface area (Å²) in [7, 11) is 0. The van der Waals surface area contributed by atoms with Gasteiger partial charge < -0.3 is 15.5 Å². The van der Waals surface area contributed by atoms with Gasteiger partial charge in [0, 0.05) is 10.9 Å². The summed E-state index contributed by atoms with van der Waals surface area (Å²) in [6.45, 7) is 1.96. The van der Waals surface area contributed by atoms with Crippen LogP contribution in [0.25, 0.3) is 22.4 Å². The van der Waals surface area contributed by atoms with Crippen LogP contribution in [0.5, 0.6) is 0 Å². The van der Waals surface area contributed by atoms with Crippen LogP contribution in [-0.4, -0.2) is 20.4 Å². The number of benzene rings is 2. The van der Waals surface area contributed by atoms with E-state index in [1.54, 1.807) is 12.1 Å². The van der Waals surface area contributed by atoms with Gasteiger partial charge >= 0.3 is 6.01 Å². The van der Waals surface area contributed by atoms with E-state index in [4.69, 9.17) is 33.4 Å². The second kappa shape index (κ2) is 6.51. The molecule has 4 N–H and O–H groups in total. The number of H-pyrrole nitrogens is 1. The molecule has 0 unspecified atom stereocenters. The lowest BCUT2D eigenvalue weighted by Crippen LogP contribution is -2.06. The quantitative estimate of drug-likeness (QED) is 0.468. The third-order valence-electron chi connectivity index (χ3n) is 4.05. The van der Waals surface area contributed by atoms with Gasteiger partial charge in [0.1, 0.15) is 0 Å². The predicted octanol–water partition coefficient (Wildman–Crippen LogP) is 4.68. The fraction of sp³-hybridized carbons (Fsp3) is 0.118. The zero-order chi connectivity index (χ0) is 18.3. The number of nitrogens with one attached hydrogen (secondary N) is 2. The van der Waals surface area contributed by atoms with Crippen molar-refractivity contribution < 1.29 is 4.42 Å². The Kier molecular flexibility index (Phi) is 4.18. The molecule has 7 nitrogen and oxygen atoms in total. The standard InChI is InChI=1S/C17H14Cl2N6O/c1-8(9-2-4-12(18)13(19)7-9)21-17-25-24-16(26-17)10-3-5-14-11(6-10)15(20)23-22-14/h2-8H,1H3,(H,21,25)(H3,20,22,23)/t8-/m0/s1. The molecular formula is C17H14Cl2N6O. The molecule has 0 aliphatic carbocycles. The van der Waals surface area contributed by atoms with Gasteiger partial charge in [0.15, 0.2) is 5.82 Å². The summed E-state index contributed by atoms with van der Waals surface area (Å²) in [6, 6.07) is 11.2. The molecule has 4 aromatic rings. The first-order valence-electron chi connectivity index (χ1n) is 7.80. The van der Waals surface area contributed by atoms with Crippen LogP contribution in [0.4, 0.5) is 11.8 Å². The topological polar surface area (TPSA) is 106 Å². The van der Waals surface area contributed by atoms with E-state index in [0.29, 0.717) is 27.8 Å². The van der Waals surface area contributed by atoms with Crippen LogP contribution in [0.15, 0.2) is 40.8 Å². The number of nitrogens with zero attached hydrogens (tertiary/aromatic N) is 3. The Hall–Kier alpha value is -2.77. The molecule has 0 aliphatic rings. The summed E-state index contributed by atoms with van der Waals surface area (Å²) in [5.41, 5.74) is 8.39. The first-order chi connectivity index (χ1) is 12.5. The monoisotopic (exact) mass is 388 g/mol. The lowest BCUT2D eigenvalue weighted by atomic mass is 10.1. The van der Waals surface area contributed by atoms with Gasteiger partial charge in [-0.05, 0) is 42.8 Å². The van der Waals surface area contributed by atoms with Crippen molar-refractivity contribution in [2.75, 3.05) is 11.1 Å². The van der Waals surface area contributed by atoms with Gasteiger partial charge in [0.2, 0.25) is 5.89 Å². The third kappa shape index (κ3) is 3.07. The molecule has 0 amide bonds. The molecule has 26 heavy (non-hydrogen) atoms. The Morgan fingerprint density at radius 3 is 2.77 bits per heavy atom.